The van der Waals surface area contributed by atoms with Crippen LogP contribution in [0.5, 0.6) is 0 Å². The lowest BCUT2D eigenvalue weighted by Gasteiger charge is -2.06. The Morgan fingerprint density at radius 1 is 0.677 bits per heavy atom. The van der Waals surface area contributed by atoms with Crippen LogP contribution < -0.4 is 0 Å². The Morgan fingerprint density at radius 3 is 1.71 bits per heavy atom. The van der Waals surface area contributed by atoms with Crippen molar-refractivity contribution in [2.45, 2.75) is 136 Å². The number of rotatable bonds is 20. The number of allylic oxidation sites excluding steroid dienone is 3. The molecule has 3 nitrogen and oxygen atoms in total. The fourth-order valence-corrected chi connectivity index (χ4v) is 4.27. The molecule has 0 amide bonds. The van der Waals surface area contributed by atoms with Crippen LogP contribution in [0.15, 0.2) is 23.8 Å². The molecule has 3 heteroatoms. The van der Waals surface area contributed by atoms with Gasteiger partial charge in [0.1, 0.15) is 0 Å². The van der Waals surface area contributed by atoms with Crippen molar-refractivity contribution >= 4 is 11.9 Å². The Hall–Kier alpha value is -1.38. The van der Waals surface area contributed by atoms with Gasteiger partial charge in [-0.1, -0.05) is 135 Å². The summed E-state index contributed by atoms with van der Waals surface area (Å²) in [4.78, 5) is 24.1. The van der Waals surface area contributed by atoms with E-state index in [2.05, 4.69) is 19.9 Å². The summed E-state index contributed by atoms with van der Waals surface area (Å²) in [7, 11) is 0. The maximum Gasteiger partial charge on any atom is 0.342 e. The standard InChI is InChI=1S/C28H48O3/c1-3-5-7-9-11-13-15-17-19-21-23-25-26(28(30)31-27(25)29)24-22-20-18-16-14-12-10-8-6-4-2/h19,21,23,26H,3-18,20,22,24H2,1-2H3. The monoisotopic (exact) mass is 432 g/mol. The Bertz CT molecular complexity index is 532. The van der Waals surface area contributed by atoms with E-state index in [9.17, 15) is 9.59 Å². The van der Waals surface area contributed by atoms with E-state index in [0.29, 0.717) is 5.57 Å². The fraction of sp³-hybridized carbons (Fsp3) is 0.786. The van der Waals surface area contributed by atoms with E-state index in [1.807, 2.05) is 12.2 Å². The lowest BCUT2D eigenvalue weighted by molar-refractivity contribution is -0.152. The van der Waals surface area contributed by atoms with Gasteiger partial charge < -0.3 is 4.74 Å². The summed E-state index contributed by atoms with van der Waals surface area (Å²) in [5, 5.41) is 0. The number of carbonyl (C=O) groups excluding carboxylic acids is 2. The second kappa shape index (κ2) is 19.3. The van der Waals surface area contributed by atoms with E-state index in [4.69, 9.17) is 4.74 Å². The molecule has 1 fully saturated rings. The molecule has 1 rings (SSSR count). The average Bonchev–Trinajstić information content (AvgIpc) is 3.03. The number of hydrogen-bond acceptors (Lipinski definition) is 3. The van der Waals surface area contributed by atoms with Gasteiger partial charge in [0, 0.05) is 0 Å². The first-order valence-electron chi connectivity index (χ1n) is 13.3. The van der Waals surface area contributed by atoms with Crippen LogP contribution >= 0.6 is 0 Å². The molecule has 31 heavy (non-hydrogen) atoms. The van der Waals surface area contributed by atoms with Gasteiger partial charge in [0.2, 0.25) is 0 Å². The molecule has 0 N–H and O–H groups in total. The molecule has 1 aliphatic rings. The Kier molecular flexibility index (Phi) is 17.2. The molecule has 0 aromatic heterocycles. The molecule has 1 atom stereocenters. The van der Waals surface area contributed by atoms with Crippen molar-refractivity contribution in [2.75, 3.05) is 0 Å². The molecule has 0 aromatic carbocycles. The maximum absolute atomic E-state index is 12.1. The first-order chi connectivity index (χ1) is 15.2. The molecule has 0 spiro atoms. The second-order valence-electron chi connectivity index (χ2n) is 9.19. The number of carbonyl (C=O) groups is 2. The highest BCUT2D eigenvalue weighted by Gasteiger charge is 2.37. The topological polar surface area (TPSA) is 43.4 Å². The Morgan fingerprint density at radius 2 is 1.16 bits per heavy atom. The largest absolute Gasteiger partial charge is 0.389 e. The van der Waals surface area contributed by atoms with E-state index >= 15 is 0 Å². The highest BCUT2D eigenvalue weighted by molar-refractivity contribution is 6.07. The summed E-state index contributed by atoms with van der Waals surface area (Å²) in [5.74, 6) is -1.15. The molecule has 1 saturated heterocycles. The first-order valence-corrected chi connectivity index (χ1v) is 13.3. The third-order valence-corrected chi connectivity index (χ3v) is 6.32. The van der Waals surface area contributed by atoms with Crippen molar-refractivity contribution in [1.29, 1.82) is 0 Å². The zero-order chi connectivity index (χ0) is 22.6. The van der Waals surface area contributed by atoms with Gasteiger partial charge in [0.25, 0.3) is 0 Å². The number of esters is 2. The summed E-state index contributed by atoms with van der Waals surface area (Å²) in [6.45, 7) is 4.50. The fourth-order valence-electron chi connectivity index (χ4n) is 4.27. The summed E-state index contributed by atoms with van der Waals surface area (Å²) in [5.41, 5.74) is 0.553. The second-order valence-corrected chi connectivity index (χ2v) is 9.19. The van der Waals surface area contributed by atoms with Crippen molar-refractivity contribution in [3.8, 4) is 0 Å². The summed E-state index contributed by atoms with van der Waals surface area (Å²) in [6.07, 6.45) is 29.5. The van der Waals surface area contributed by atoms with E-state index in [1.54, 1.807) is 0 Å². The molecule has 1 heterocycles. The van der Waals surface area contributed by atoms with E-state index in [0.717, 1.165) is 25.7 Å². The molecule has 0 aromatic rings. The van der Waals surface area contributed by atoms with Crippen molar-refractivity contribution in [3.05, 3.63) is 23.8 Å². The molecule has 0 saturated carbocycles. The molecule has 0 aliphatic carbocycles. The third-order valence-electron chi connectivity index (χ3n) is 6.32. The van der Waals surface area contributed by atoms with Gasteiger partial charge in [-0.15, -0.1) is 0 Å². The van der Waals surface area contributed by atoms with Crippen LogP contribution in [0.25, 0.3) is 0 Å². The lowest BCUT2D eigenvalue weighted by atomic mass is 9.94. The van der Waals surface area contributed by atoms with E-state index in [-0.39, 0.29) is 11.9 Å². The van der Waals surface area contributed by atoms with Gasteiger partial charge in [-0.3, -0.25) is 4.79 Å². The number of hydrogen-bond donors (Lipinski definition) is 0. The van der Waals surface area contributed by atoms with Gasteiger partial charge in [-0.2, -0.15) is 0 Å². The van der Waals surface area contributed by atoms with Gasteiger partial charge in [-0.25, -0.2) is 4.79 Å². The van der Waals surface area contributed by atoms with Crippen LogP contribution in [0.4, 0.5) is 0 Å². The van der Waals surface area contributed by atoms with Crippen LogP contribution in [-0.2, 0) is 14.3 Å². The van der Waals surface area contributed by atoms with Gasteiger partial charge >= 0.3 is 11.9 Å². The zero-order valence-corrected chi connectivity index (χ0v) is 20.5. The SMILES string of the molecule is CCCCCCCCCC=CC=C1C(=O)OC(=O)C1CCCCCCCCCCCC. The van der Waals surface area contributed by atoms with Crippen LogP contribution in [0.1, 0.15) is 136 Å². The van der Waals surface area contributed by atoms with Crippen molar-refractivity contribution in [2.24, 2.45) is 5.92 Å². The minimum atomic E-state index is -0.442. The minimum Gasteiger partial charge on any atom is -0.389 e. The lowest BCUT2D eigenvalue weighted by Crippen LogP contribution is -2.09. The summed E-state index contributed by atoms with van der Waals surface area (Å²) < 4.78 is 4.89. The smallest absolute Gasteiger partial charge is 0.342 e. The zero-order valence-electron chi connectivity index (χ0n) is 20.5. The van der Waals surface area contributed by atoms with Crippen molar-refractivity contribution in [3.63, 3.8) is 0 Å². The highest BCUT2D eigenvalue weighted by Crippen LogP contribution is 2.28. The number of unbranched alkanes of at least 4 members (excludes halogenated alkanes) is 16. The minimum absolute atomic E-state index is 0.354. The van der Waals surface area contributed by atoms with Crippen LogP contribution in [0, 0.1) is 5.92 Å². The molecule has 0 bridgehead atoms. The van der Waals surface area contributed by atoms with Crippen LogP contribution in [-0.4, -0.2) is 11.9 Å². The molecule has 178 valence electrons. The third kappa shape index (κ3) is 13.6. The Labute approximate surface area is 192 Å². The van der Waals surface area contributed by atoms with Crippen molar-refractivity contribution < 1.29 is 14.3 Å². The molecule has 0 radical (unpaired) electrons. The average molecular weight is 433 g/mol. The van der Waals surface area contributed by atoms with Gasteiger partial charge in [0.05, 0.1) is 11.5 Å². The predicted octanol–water partition coefficient (Wildman–Crippen LogP) is 8.62. The van der Waals surface area contributed by atoms with Gasteiger partial charge in [-0.05, 0) is 19.3 Å². The predicted molar refractivity (Wildman–Crippen MR) is 131 cm³/mol. The number of cyclic esters (lactones) is 2. The Balaban J connectivity index is 2.18. The van der Waals surface area contributed by atoms with Gasteiger partial charge in [0.15, 0.2) is 0 Å². The van der Waals surface area contributed by atoms with Crippen molar-refractivity contribution in [1.82, 2.24) is 0 Å². The van der Waals surface area contributed by atoms with Crippen LogP contribution in [0.2, 0.25) is 0 Å². The maximum atomic E-state index is 12.1. The molecular weight excluding hydrogens is 384 g/mol. The summed E-state index contributed by atoms with van der Waals surface area (Å²) >= 11 is 0. The summed E-state index contributed by atoms with van der Waals surface area (Å²) in [6, 6.07) is 0. The molecule has 1 unspecified atom stereocenters. The molecule has 1 aliphatic heterocycles. The van der Waals surface area contributed by atoms with E-state index < -0.39 is 5.97 Å². The van der Waals surface area contributed by atoms with Crippen LogP contribution in [0.3, 0.4) is 0 Å². The quantitative estimate of drug-likeness (QED) is 0.0836. The normalized spacial score (nSPS) is 17.9. The first kappa shape index (κ1) is 27.7. The number of ether oxygens (including phenoxy) is 1. The highest BCUT2D eigenvalue weighted by atomic mass is 16.6. The van der Waals surface area contributed by atoms with E-state index in [1.165, 1.54) is 96.3 Å². The molecular formula is C28H48O3.